The number of carbonyl (C=O) groups excluding carboxylic acids is 2. The first-order valence-corrected chi connectivity index (χ1v) is 9.94. The summed E-state index contributed by atoms with van der Waals surface area (Å²) >= 11 is 5.95. The Bertz CT molecular complexity index is 998. The van der Waals surface area contributed by atoms with Gasteiger partial charge < -0.3 is 20.4 Å². The minimum Gasteiger partial charge on any atom is -0.386 e. The molecule has 2 aliphatic rings. The van der Waals surface area contributed by atoms with Crippen molar-refractivity contribution in [3.05, 3.63) is 59.4 Å². The van der Waals surface area contributed by atoms with Gasteiger partial charge in [-0.25, -0.2) is 9.18 Å². The Kier molecular flexibility index (Phi) is 5.59. The molecular formula is C21H20ClFN4O3. The molecule has 3 amide bonds. The van der Waals surface area contributed by atoms with Crippen LogP contribution in [0.2, 0.25) is 5.02 Å². The van der Waals surface area contributed by atoms with Crippen LogP contribution in [0, 0.1) is 5.82 Å². The van der Waals surface area contributed by atoms with Crippen LogP contribution in [0.25, 0.3) is 0 Å². The Morgan fingerprint density at radius 3 is 2.70 bits per heavy atom. The number of hydrogen-bond donors (Lipinski definition) is 2. The van der Waals surface area contributed by atoms with Crippen molar-refractivity contribution in [2.24, 2.45) is 5.16 Å². The lowest BCUT2D eigenvalue weighted by Gasteiger charge is -2.38. The van der Waals surface area contributed by atoms with Gasteiger partial charge in [0, 0.05) is 29.4 Å². The zero-order valence-electron chi connectivity index (χ0n) is 16.0. The summed E-state index contributed by atoms with van der Waals surface area (Å²) in [6.07, 6.45) is 1.71. The fourth-order valence-electron chi connectivity index (χ4n) is 3.64. The number of carbonyl (C=O) groups is 2. The average Bonchev–Trinajstić information content (AvgIpc) is 3.13. The van der Waals surface area contributed by atoms with Crippen molar-refractivity contribution >= 4 is 40.6 Å². The molecule has 2 aromatic carbocycles. The number of halogens is 2. The van der Waals surface area contributed by atoms with Crippen molar-refractivity contribution in [2.45, 2.75) is 24.9 Å². The molecule has 1 spiro atoms. The predicted molar refractivity (Wildman–Crippen MR) is 112 cm³/mol. The van der Waals surface area contributed by atoms with E-state index in [9.17, 15) is 14.0 Å². The van der Waals surface area contributed by atoms with E-state index in [-0.39, 0.29) is 23.5 Å². The van der Waals surface area contributed by atoms with Gasteiger partial charge in [-0.1, -0.05) is 22.8 Å². The molecule has 0 radical (unpaired) electrons. The molecule has 1 fully saturated rings. The van der Waals surface area contributed by atoms with Gasteiger partial charge in [0.15, 0.2) is 5.60 Å². The van der Waals surface area contributed by atoms with E-state index < -0.39 is 5.60 Å². The van der Waals surface area contributed by atoms with E-state index in [4.69, 9.17) is 16.4 Å². The van der Waals surface area contributed by atoms with Gasteiger partial charge in [0.25, 0.3) is 5.91 Å². The van der Waals surface area contributed by atoms with Crippen LogP contribution >= 0.6 is 11.6 Å². The quantitative estimate of drug-likeness (QED) is 0.763. The summed E-state index contributed by atoms with van der Waals surface area (Å²) in [4.78, 5) is 32.4. The number of urea groups is 1. The van der Waals surface area contributed by atoms with Crippen LogP contribution in [-0.4, -0.2) is 41.2 Å². The van der Waals surface area contributed by atoms with Crippen molar-refractivity contribution in [1.82, 2.24) is 4.90 Å². The smallest absolute Gasteiger partial charge is 0.321 e. The minimum absolute atomic E-state index is 0.274. The van der Waals surface area contributed by atoms with Gasteiger partial charge >= 0.3 is 6.03 Å². The number of amides is 3. The molecule has 0 aliphatic carbocycles. The number of oxime groups is 1. The van der Waals surface area contributed by atoms with Gasteiger partial charge in [0.2, 0.25) is 0 Å². The number of nitrogens with zero attached hydrogens (tertiary/aromatic N) is 2. The molecule has 2 aromatic rings. The monoisotopic (exact) mass is 430 g/mol. The molecule has 0 aromatic heterocycles. The van der Waals surface area contributed by atoms with Gasteiger partial charge in [-0.2, -0.15) is 0 Å². The fourth-order valence-corrected chi connectivity index (χ4v) is 3.83. The summed E-state index contributed by atoms with van der Waals surface area (Å²) < 4.78 is 13.0. The first-order chi connectivity index (χ1) is 14.4. The second kappa shape index (κ2) is 8.31. The van der Waals surface area contributed by atoms with E-state index in [2.05, 4.69) is 15.8 Å². The summed E-state index contributed by atoms with van der Waals surface area (Å²) in [6, 6.07) is 12.1. The van der Waals surface area contributed by atoms with Crippen LogP contribution < -0.4 is 10.6 Å². The van der Waals surface area contributed by atoms with E-state index in [1.807, 2.05) is 0 Å². The van der Waals surface area contributed by atoms with Gasteiger partial charge in [-0.3, -0.25) is 4.79 Å². The van der Waals surface area contributed by atoms with Crippen LogP contribution in [0.3, 0.4) is 0 Å². The van der Waals surface area contributed by atoms with Crippen molar-refractivity contribution < 1.29 is 18.8 Å². The molecule has 1 saturated heterocycles. The molecule has 9 heteroatoms. The molecule has 2 heterocycles. The highest BCUT2D eigenvalue weighted by molar-refractivity contribution is 6.43. The average molecular weight is 431 g/mol. The van der Waals surface area contributed by atoms with Crippen molar-refractivity contribution in [2.75, 3.05) is 23.7 Å². The molecule has 0 bridgehead atoms. The SMILES string of the molecule is O=C(Nc1cccc(Cl)c1)C1=NOC2(CCCN(C(=O)Nc3ccc(F)cc3)C2)C1. The van der Waals surface area contributed by atoms with Gasteiger partial charge in [0.1, 0.15) is 11.5 Å². The maximum atomic E-state index is 13.0. The lowest BCUT2D eigenvalue weighted by Crippen LogP contribution is -2.52. The Balaban J connectivity index is 1.36. The summed E-state index contributed by atoms with van der Waals surface area (Å²) in [5, 5.41) is 10.0. The third kappa shape index (κ3) is 4.54. The lowest BCUT2D eigenvalue weighted by atomic mass is 9.88. The molecule has 7 nitrogen and oxygen atoms in total. The van der Waals surface area contributed by atoms with E-state index in [1.165, 1.54) is 24.3 Å². The number of likely N-dealkylation sites (tertiary alicyclic amines) is 1. The second-order valence-electron chi connectivity index (χ2n) is 7.42. The number of hydrogen-bond acceptors (Lipinski definition) is 4. The second-order valence-corrected chi connectivity index (χ2v) is 7.85. The molecule has 4 rings (SSSR count). The molecule has 156 valence electrons. The highest BCUT2D eigenvalue weighted by atomic mass is 35.5. The first-order valence-electron chi connectivity index (χ1n) is 9.56. The topological polar surface area (TPSA) is 83.0 Å². The first kappa shape index (κ1) is 20.2. The summed E-state index contributed by atoms with van der Waals surface area (Å²) in [5.41, 5.74) is 0.626. The molecule has 0 saturated carbocycles. The summed E-state index contributed by atoms with van der Waals surface area (Å²) in [6.45, 7) is 0.861. The van der Waals surface area contributed by atoms with Gasteiger partial charge in [-0.05, 0) is 55.3 Å². The van der Waals surface area contributed by atoms with Crippen molar-refractivity contribution in [1.29, 1.82) is 0 Å². The highest BCUT2D eigenvalue weighted by Gasteiger charge is 2.45. The van der Waals surface area contributed by atoms with E-state index in [0.717, 1.165) is 6.42 Å². The van der Waals surface area contributed by atoms with Crippen molar-refractivity contribution in [3.8, 4) is 0 Å². The molecule has 2 N–H and O–H groups in total. The van der Waals surface area contributed by atoms with Crippen LogP contribution in [-0.2, 0) is 9.63 Å². The molecule has 30 heavy (non-hydrogen) atoms. The fraction of sp³-hybridized carbons (Fsp3) is 0.286. The molecular weight excluding hydrogens is 411 g/mol. The highest BCUT2D eigenvalue weighted by Crippen LogP contribution is 2.34. The van der Waals surface area contributed by atoms with Crippen LogP contribution in [0.1, 0.15) is 19.3 Å². The number of benzene rings is 2. The Morgan fingerprint density at radius 2 is 1.93 bits per heavy atom. The van der Waals surface area contributed by atoms with E-state index in [1.54, 1.807) is 29.2 Å². The number of nitrogens with one attached hydrogen (secondary N) is 2. The molecule has 1 unspecified atom stereocenters. The lowest BCUT2D eigenvalue weighted by molar-refractivity contribution is -0.110. The Morgan fingerprint density at radius 1 is 1.13 bits per heavy atom. The number of anilines is 2. The predicted octanol–water partition coefficient (Wildman–Crippen LogP) is 4.26. The van der Waals surface area contributed by atoms with Crippen LogP contribution in [0.5, 0.6) is 0 Å². The Hall–Kier alpha value is -3.13. The zero-order chi connectivity index (χ0) is 21.1. The van der Waals surface area contributed by atoms with Gasteiger partial charge in [0.05, 0.1) is 6.54 Å². The number of rotatable bonds is 3. The van der Waals surface area contributed by atoms with E-state index >= 15 is 0 Å². The van der Waals surface area contributed by atoms with Crippen LogP contribution in [0.4, 0.5) is 20.6 Å². The third-order valence-electron chi connectivity index (χ3n) is 5.11. The zero-order valence-corrected chi connectivity index (χ0v) is 16.8. The van der Waals surface area contributed by atoms with E-state index in [0.29, 0.717) is 42.3 Å². The third-order valence-corrected chi connectivity index (χ3v) is 5.34. The standard InChI is InChI=1S/C21H20ClFN4O3/c22-14-3-1-4-17(11-14)24-19(28)18-12-21(30-26-18)9-2-10-27(13-21)20(29)25-16-7-5-15(23)6-8-16/h1,3-8,11H,2,9-10,12-13H2,(H,24,28)(H,25,29). The van der Waals surface area contributed by atoms with Crippen LogP contribution in [0.15, 0.2) is 53.7 Å². The van der Waals surface area contributed by atoms with Crippen molar-refractivity contribution in [3.63, 3.8) is 0 Å². The van der Waals surface area contributed by atoms with Gasteiger partial charge in [-0.15, -0.1) is 0 Å². The maximum Gasteiger partial charge on any atom is 0.321 e. The molecule has 1 atom stereocenters. The largest absolute Gasteiger partial charge is 0.386 e. The summed E-state index contributed by atoms with van der Waals surface area (Å²) in [7, 11) is 0. The normalized spacial score (nSPS) is 20.5. The Labute approximate surface area is 177 Å². The maximum absolute atomic E-state index is 13.0. The summed E-state index contributed by atoms with van der Waals surface area (Å²) in [5.74, 6) is -0.730. The minimum atomic E-state index is -0.723. The number of piperidine rings is 1. The molecule has 2 aliphatic heterocycles.